The number of likely N-dealkylation sites (tertiary alicyclic amines) is 1. The molecular weight excluding hydrogens is 661 g/mol. The van der Waals surface area contributed by atoms with E-state index in [4.69, 9.17) is 4.74 Å². The third-order valence-electron chi connectivity index (χ3n) is 7.92. The topological polar surface area (TPSA) is 140 Å². The predicted octanol–water partition coefficient (Wildman–Crippen LogP) is 6.93. The van der Waals surface area contributed by atoms with Crippen molar-refractivity contribution in [3.05, 3.63) is 84.8 Å². The van der Waals surface area contributed by atoms with E-state index in [2.05, 4.69) is 20.3 Å². The van der Waals surface area contributed by atoms with Gasteiger partial charge < -0.3 is 20.1 Å². The highest BCUT2D eigenvalue weighted by atomic mass is 32.2. The lowest BCUT2D eigenvalue weighted by Gasteiger charge is -2.34. The van der Waals surface area contributed by atoms with E-state index >= 15 is 0 Å². The number of fused-ring (bicyclic) bond motifs is 1. The highest BCUT2D eigenvalue weighted by molar-refractivity contribution is 7.90. The number of piperidine rings is 1. The summed E-state index contributed by atoms with van der Waals surface area (Å²) in [5, 5.41) is 13.6. The molecule has 15 heteroatoms. The van der Waals surface area contributed by atoms with Crippen molar-refractivity contribution in [2.75, 3.05) is 18.4 Å². The van der Waals surface area contributed by atoms with Gasteiger partial charge in [-0.2, -0.15) is 13.2 Å². The first-order chi connectivity index (χ1) is 23.1. The summed E-state index contributed by atoms with van der Waals surface area (Å²) < 4.78 is 77.9. The van der Waals surface area contributed by atoms with Crippen molar-refractivity contribution >= 4 is 33.0 Å². The van der Waals surface area contributed by atoms with Crippen LogP contribution in [0.15, 0.2) is 84.1 Å². The second kappa shape index (κ2) is 12.7. The van der Waals surface area contributed by atoms with Crippen molar-refractivity contribution in [1.82, 2.24) is 23.8 Å². The van der Waals surface area contributed by atoms with Gasteiger partial charge in [-0.1, -0.05) is 30.3 Å². The largest absolute Gasteiger partial charge is 0.493 e. The number of amides is 1. The summed E-state index contributed by atoms with van der Waals surface area (Å²) in [6, 6.07) is 14.8. The highest BCUT2D eigenvalue weighted by Crippen LogP contribution is 2.41. The van der Waals surface area contributed by atoms with Gasteiger partial charge in [0, 0.05) is 54.2 Å². The van der Waals surface area contributed by atoms with E-state index in [9.17, 15) is 31.5 Å². The van der Waals surface area contributed by atoms with Crippen LogP contribution in [0.25, 0.3) is 33.3 Å². The molecular formula is C34H33F3N6O5S. The molecule has 2 N–H and O–H groups in total. The number of carbonyl (C=O) groups excluding carboxylic acids is 1. The number of rotatable bonds is 6. The maximum atomic E-state index is 14.5. The van der Waals surface area contributed by atoms with Crippen LogP contribution in [0, 0.1) is 0 Å². The minimum atomic E-state index is -4.89. The number of alkyl halides is 3. The van der Waals surface area contributed by atoms with E-state index in [1.807, 2.05) is 0 Å². The lowest BCUT2D eigenvalue weighted by Crippen LogP contribution is -2.47. The molecule has 0 spiro atoms. The van der Waals surface area contributed by atoms with Crippen molar-refractivity contribution < 1.29 is 36.2 Å². The number of nitrogens with one attached hydrogen (secondary N) is 1. The number of aromatic nitrogens is 4. The molecule has 0 bridgehead atoms. The fourth-order valence-electron chi connectivity index (χ4n) is 5.72. The zero-order valence-electron chi connectivity index (χ0n) is 26.8. The molecule has 4 heterocycles. The van der Waals surface area contributed by atoms with Crippen LogP contribution in [0.2, 0.25) is 0 Å². The van der Waals surface area contributed by atoms with Crippen LogP contribution in [0.3, 0.4) is 0 Å². The first-order valence-corrected chi connectivity index (χ1v) is 16.8. The molecule has 1 amide bonds. The van der Waals surface area contributed by atoms with Gasteiger partial charge in [0.1, 0.15) is 11.2 Å². The smallest absolute Gasteiger partial charge is 0.419 e. The fourth-order valence-corrected chi connectivity index (χ4v) is 7.10. The summed E-state index contributed by atoms with van der Waals surface area (Å²) in [6.45, 7) is 5.95. The average Bonchev–Trinajstić information content (AvgIpc) is 3.44. The lowest BCUT2D eigenvalue weighted by molar-refractivity contribution is -0.137. The van der Waals surface area contributed by atoms with Crippen LogP contribution in [-0.2, 0) is 20.9 Å². The Bertz CT molecular complexity index is 2130. The molecule has 0 unspecified atom stereocenters. The number of anilines is 1. The van der Waals surface area contributed by atoms with E-state index in [1.54, 1.807) is 45.0 Å². The van der Waals surface area contributed by atoms with Crippen LogP contribution < -0.4 is 5.32 Å². The van der Waals surface area contributed by atoms with Gasteiger partial charge in [0.25, 0.3) is 10.0 Å². The summed E-state index contributed by atoms with van der Waals surface area (Å²) in [5.74, 6) is -0.423. The van der Waals surface area contributed by atoms with Gasteiger partial charge in [-0.25, -0.2) is 32.1 Å². The predicted molar refractivity (Wildman–Crippen MR) is 176 cm³/mol. The number of carbonyl (C=O) groups is 1. The van der Waals surface area contributed by atoms with E-state index < -0.39 is 39.2 Å². The van der Waals surface area contributed by atoms with Crippen LogP contribution in [0.1, 0.15) is 39.2 Å². The van der Waals surface area contributed by atoms with Crippen molar-refractivity contribution in [2.24, 2.45) is 0 Å². The summed E-state index contributed by atoms with van der Waals surface area (Å²) >= 11 is 0. The molecule has 1 saturated heterocycles. The summed E-state index contributed by atoms with van der Waals surface area (Å²) in [5.41, 5.74) is -1.76. The van der Waals surface area contributed by atoms with E-state index in [1.165, 1.54) is 47.5 Å². The molecule has 0 saturated carbocycles. The normalized spacial score (nSPS) is 15.7. The average molecular weight is 695 g/mol. The molecule has 0 aliphatic carbocycles. The highest BCUT2D eigenvalue weighted by Gasteiger charge is 2.37. The first kappa shape index (κ1) is 33.7. The molecule has 1 aliphatic heterocycles. The molecule has 49 heavy (non-hydrogen) atoms. The number of halogens is 3. The SMILES string of the molecule is CC(C)(C)OC(=O)N1CCC[C@H](Nc2ncc(C(F)(F)F)c(-c3cn(S(=O)(=O)c4ccccc4)c4cc(-c5cccnc5O)ccc34)n2)C1. The molecule has 256 valence electrons. The van der Waals surface area contributed by atoms with Crippen molar-refractivity contribution in [2.45, 2.75) is 56.3 Å². The molecule has 1 fully saturated rings. The quantitative estimate of drug-likeness (QED) is 0.194. The van der Waals surface area contributed by atoms with Gasteiger partial charge in [0.2, 0.25) is 11.8 Å². The number of nitrogens with zero attached hydrogens (tertiary/aromatic N) is 5. The van der Waals surface area contributed by atoms with Gasteiger partial charge in [-0.15, -0.1) is 0 Å². The van der Waals surface area contributed by atoms with Crippen LogP contribution >= 0.6 is 0 Å². The number of benzene rings is 2. The monoisotopic (exact) mass is 694 g/mol. The molecule has 11 nitrogen and oxygen atoms in total. The Kier molecular flexibility index (Phi) is 8.73. The summed E-state index contributed by atoms with van der Waals surface area (Å²) in [4.78, 5) is 26.3. The van der Waals surface area contributed by atoms with Crippen molar-refractivity contribution in [3.8, 4) is 28.3 Å². The van der Waals surface area contributed by atoms with Crippen LogP contribution in [0.4, 0.5) is 23.9 Å². The minimum Gasteiger partial charge on any atom is -0.493 e. The maximum Gasteiger partial charge on any atom is 0.419 e. The number of ether oxygens (including phenoxy) is 1. The molecule has 0 radical (unpaired) electrons. The zero-order valence-corrected chi connectivity index (χ0v) is 27.6. The molecule has 6 rings (SSSR count). The minimum absolute atomic E-state index is 0.0566. The van der Waals surface area contributed by atoms with Crippen molar-refractivity contribution in [1.29, 1.82) is 0 Å². The third kappa shape index (κ3) is 7.02. The standard InChI is InChI=1S/C34H33F3N6O5S/c1-33(2,3)48-32(45)42-16-8-9-22(19-42)40-31-39-18-27(34(35,36)37)29(41-31)26-20-43(49(46,47)23-10-5-4-6-11-23)28-17-21(13-14-25(26)28)24-12-7-15-38-30(24)44/h4-7,10-15,17-18,20,22H,8-9,16,19H2,1-3H3,(H,38,44)(H,39,40,41)/t22-/m0/s1. The number of pyridine rings is 1. The Morgan fingerprint density at radius 2 is 1.78 bits per heavy atom. The summed E-state index contributed by atoms with van der Waals surface area (Å²) in [6.07, 6.45) is -1.01. The van der Waals surface area contributed by atoms with Gasteiger partial charge in [0.05, 0.1) is 16.1 Å². The fraction of sp³-hybridized carbons (Fsp3) is 0.294. The Morgan fingerprint density at radius 1 is 1.02 bits per heavy atom. The Morgan fingerprint density at radius 3 is 2.47 bits per heavy atom. The second-order valence-electron chi connectivity index (χ2n) is 12.6. The van der Waals surface area contributed by atoms with Crippen LogP contribution in [-0.4, -0.2) is 68.2 Å². The van der Waals surface area contributed by atoms with Gasteiger partial charge in [-0.05, 0) is 69.5 Å². The van der Waals surface area contributed by atoms with Crippen LogP contribution in [0.5, 0.6) is 5.88 Å². The van der Waals surface area contributed by atoms with E-state index in [-0.39, 0.29) is 45.8 Å². The molecule has 3 aromatic heterocycles. The maximum absolute atomic E-state index is 14.5. The third-order valence-corrected chi connectivity index (χ3v) is 9.61. The van der Waals surface area contributed by atoms with Crippen molar-refractivity contribution in [3.63, 3.8) is 0 Å². The van der Waals surface area contributed by atoms with Gasteiger partial charge in [-0.3, -0.25) is 0 Å². The van der Waals surface area contributed by atoms with E-state index in [0.717, 1.165) is 10.2 Å². The second-order valence-corrected chi connectivity index (χ2v) is 14.4. The Labute approximate surface area is 280 Å². The summed E-state index contributed by atoms with van der Waals surface area (Å²) in [7, 11) is -4.32. The Hall–Kier alpha value is -5.18. The molecule has 1 aliphatic rings. The Balaban J connectivity index is 1.47. The lowest BCUT2D eigenvalue weighted by atomic mass is 10.0. The molecule has 1 atom stereocenters. The molecule has 2 aromatic carbocycles. The van der Waals surface area contributed by atoms with E-state index in [0.29, 0.717) is 36.7 Å². The number of hydrogen-bond donors (Lipinski definition) is 2. The first-order valence-electron chi connectivity index (χ1n) is 15.4. The number of aromatic hydroxyl groups is 1. The van der Waals surface area contributed by atoms with Gasteiger partial charge >= 0.3 is 12.3 Å². The molecule has 5 aromatic rings. The van der Waals surface area contributed by atoms with Gasteiger partial charge in [0.15, 0.2) is 0 Å². The zero-order chi connectivity index (χ0) is 35.1. The number of hydrogen-bond acceptors (Lipinski definition) is 9.